The van der Waals surface area contributed by atoms with Crippen LogP contribution in [0.3, 0.4) is 0 Å². The smallest absolute Gasteiger partial charge is 0.315 e. The predicted molar refractivity (Wildman–Crippen MR) is 78.3 cm³/mol. The van der Waals surface area contributed by atoms with Gasteiger partial charge in [-0.1, -0.05) is 30.3 Å². The van der Waals surface area contributed by atoms with E-state index in [0.717, 1.165) is 24.4 Å². The van der Waals surface area contributed by atoms with Crippen molar-refractivity contribution < 1.29 is 4.79 Å². The van der Waals surface area contributed by atoms with E-state index < -0.39 is 0 Å². The molecule has 2 amide bonds. The summed E-state index contributed by atoms with van der Waals surface area (Å²) in [5, 5.41) is 5.69. The maximum atomic E-state index is 11.6. The number of aryl methyl sites for hydroxylation is 2. The molecular weight excluding hydrogens is 252 g/mol. The van der Waals surface area contributed by atoms with E-state index in [2.05, 4.69) is 20.2 Å². The Morgan fingerprint density at radius 2 is 2.05 bits per heavy atom. The van der Waals surface area contributed by atoms with E-state index in [4.69, 9.17) is 0 Å². The molecule has 5 heteroatoms. The predicted octanol–water partition coefficient (Wildman–Crippen LogP) is 2.08. The van der Waals surface area contributed by atoms with Gasteiger partial charge in [0.2, 0.25) is 0 Å². The maximum Gasteiger partial charge on any atom is 0.315 e. The van der Waals surface area contributed by atoms with E-state index in [1.54, 1.807) is 6.20 Å². The SMILES string of the molecule is Cc1nccn1CCCNC(=O)NCc1ccccc1. The van der Waals surface area contributed by atoms with Gasteiger partial charge in [0.1, 0.15) is 5.82 Å². The molecule has 0 aliphatic carbocycles. The van der Waals surface area contributed by atoms with Crippen molar-refractivity contribution in [3.8, 4) is 0 Å². The molecule has 1 aromatic heterocycles. The Morgan fingerprint density at radius 1 is 1.25 bits per heavy atom. The lowest BCUT2D eigenvalue weighted by molar-refractivity contribution is 0.240. The van der Waals surface area contributed by atoms with Crippen LogP contribution in [0.5, 0.6) is 0 Å². The van der Waals surface area contributed by atoms with Crippen LogP contribution in [0.4, 0.5) is 4.79 Å². The fourth-order valence-corrected chi connectivity index (χ4v) is 1.93. The van der Waals surface area contributed by atoms with Crippen molar-refractivity contribution in [3.63, 3.8) is 0 Å². The molecule has 2 N–H and O–H groups in total. The van der Waals surface area contributed by atoms with Gasteiger partial charge in [-0.3, -0.25) is 0 Å². The van der Waals surface area contributed by atoms with E-state index in [-0.39, 0.29) is 6.03 Å². The molecule has 0 saturated carbocycles. The van der Waals surface area contributed by atoms with Crippen molar-refractivity contribution in [2.45, 2.75) is 26.4 Å². The van der Waals surface area contributed by atoms with E-state index in [1.807, 2.05) is 43.5 Å². The standard InChI is InChI=1S/C15H20N4O/c1-13-16-9-11-19(13)10-5-8-17-15(20)18-12-14-6-3-2-4-7-14/h2-4,6-7,9,11H,5,8,10,12H2,1H3,(H2,17,18,20). The first-order chi connectivity index (χ1) is 9.75. The number of hydrogen-bond acceptors (Lipinski definition) is 2. The second-order valence-electron chi connectivity index (χ2n) is 4.62. The normalized spacial score (nSPS) is 10.2. The van der Waals surface area contributed by atoms with Crippen molar-refractivity contribution in [1.82, 2.24) is 20.2 Å². The number of benzene rings is 1. The summed E-state index contributed by atoms with van der Waals surface area (Å²) >= 11 is 0. The van der Waals surface area contributed by atoms with Crippen LogP contribution in [-0.4, -0.2) is 22.1 Å². The number of urea groups is 1. The van der Waals surface area contributed by atoms with Crippen LogP contribution in [0.1, 0.15) is 17.8 Å². The van der Waals surface area contributed by atoms with Crippen molar-refractivity contribution >= 4 is 6.03 Å². The van der Waals surface area contributed by atoms with Crippen molar-refractivity contribution in [1.29, 1.82) is 0 Å². The number of rotatable bonds is 6. The van der Waals surface area contributed by atoms with Gasteiger partial charge in [-0.25, -0.2) is 9.78 Å². The number of carbonyl (C=O) groups is 1. The number of amides is 2. The van der Waals surface area contributed by atoms with Crippen LogP contribution >= 0.6 is 0 Å². The van der Waals surface area contributed by atoms with Crippen LogP contribution in [0.15, 0.2) is 42.7 Å². The Morgan fingerprint density at radius 3 is 2.75 bits per heavy atom. The largest absolute Gasteiger partial charge is 0.338 e. The topological polar surface area (TPSA) is 59.0 Å². The highest BCUT2D eigenvalue weighted by molar-refractivity contribution is 5.73. The lowest BCUT2D eigenvalue weighted by Gasteiger charge is -2.08. The summed E-state index contributed by atoms with van der Waals surface area (Å²) in [6.45, 7) is 4.04. The van der Waals surface area contributed by atoms with Gasteiger partial charge in [0.05, 0.1) is 0 Å². The zero-order valence-corrected chi connectivity index (χ0v) is 11.7. The Kier molecular flexibility index (Phi) is 5.17. The average Bonchev–Trinajstić information content (AvgIpc) is 2.88. The molecule has 0 saturated heterocycles. The van der Waals surface area contributed by atoms with E-state index >= 15 is 0 Å². The summed E-state index contributed by atoms with van der Waals surface area (Å²) in [4.78, 5) is 15.8. The molecule has 1 heterocycles. The molecule has 5 nitrogen and oxygen atoms in total. The van der Waals surface area contributed by atoms with Crippen LogP contribution in [0.2, 0.25) is 0 Å². The molecule has 0 aliphatic rings. The lowest BCUT2D eigenvalue weighted by Crippen LogP contribution is -2.35. The summed E-state index contributed by atoms with van der Waals surface area (Å²) in [6.07, 6.45) is 4.62. The Hall–Kier alpha value is -2.30. The monoisotopic (exact) mass is 272 g/mol. The van der Waals surface area contributed by atoms with Gasteiger partial charge < -0.3 is 15.2 Å². The molecule has 2 rings (SSSR count). The third kappa shape index (κ3) is 4.42. The van der Waals surface area contributed by atoms with E-state index in [1.165, 1.54) is 0 Å². The minimum Gasteiger partial charge on any atom is -0.338 e. The van der Waals surface area contributed by atoms with E-state index in [0.29, 0.717) is 13.1 Å². The minimum atomic E-state index is -0.129. The molecule has 0 spiro atoms. The number of hydrogen-bond donors (Lipinski definition) is 2. The van der Waals surface area contributed by atoms with Gasteiger partial charge in [0.25, 0.3) is 0 Å². The quantitative estimate of drug-likeness (QED) is 0.791. The number of aromatic nitrogens is 2. The van der Waals surface area contributed by atoms with Gasteiger partial charge in [0.15, 0.2) is 0 Å². The number of nitrogens with one attached hydrogen (secondary N) is 2. The lowest BCUT2D eigenvalue weighted by atomic mass is 10.2. The third-order valence-electron chi connectivity index (χ3n) is 3.08. The van der Waals surface area contributed by atoms with Gasteiger partial charge in [-0.05, 0) is 18.9 Å². The highest BCUT2D eigenvalue weighted by Gasteiger charge is 2.00. The first-order valence-corrected chi connectivity index (χ1v) is 6.79. The van der Waals surface area contributed by atoms with E-state index in [9.17, 15) is 4.79 Å². The zero-order valence-electron chi connectivity index (χ0n) is 11.7. The summed E-state index contributed by atoms with van der Waals surface area (Å²) in [7, 11) is 0. The highest BCUT2D eigenvalue weighted by atomic mass is 16.2. The Labute approximate surface area is 119 Å². The highest BCUT2D eigenvalue weighted by Crippen LogP contribution is 1.97. The van der Waals surface area contributed by atoms with Gasteiger partial charge >= 0.3 is 6.03 Å². The van der Waals surface area contributed by atoms with Gasteiger partial charge in [-0.15, -0.1) is 0 Å². The minimum absolute atomic E-state index is 0.129. The third-order valence-corrected chi connectivity index (χ3v) is 3.08. The van der Waals surface area contributed by atoms with Crippen LogP contribution in [-0.2, 0) is 13.1 Å². The molecule has 0 fully saturated rings. The number of carbonyl (C=O) groups excluding carboxylic acids is 1. The molecule has 20 heavy (non-hydrogen) atoms. The Bertz CT molecular complexity index is 536. The van der Waals surface area contributed by atoms with Crippen molar-refractivity contribution in [2.24, 2.45) is 0 Å². The average molecular weight is 272 g/mol. The molecule has 0 unspecified atom stereocenters. The van der Waals surface area contributed by atoms with Crippen LogP contribution < -0.4 is 10.6 Å². The second kappa shape index (κ2) is 7.33. The molecule has 2 aromatic rings. The molecule has 0 atom stereocenters. The van der Waals surface area contributed by atoms with Crippen molar-refractivity contribution in [2.75, 3.05) is 6.54 Å². The molecule has 0 aliphatic heterocycles. The molecule has 0 radical (unpaired) electrons. The zero-order chi connectivity index (χ0) is 14.2. The second-order valence-corrected chi connectivity index (χ2v) is 4.62. The fraction of sp³-hybridized carbons (Fsp3) is 0.333. The summed E-state index contributed by atoms with van der Waals surface area (Å²) in [5.41, 5.74) is 1.09. The van der Waals surface area contributed by atoms with Crippen LogP contribution in [0.25, 0.3) is 0 Å². The molecule has 1 aromatic carbocycles. The molecule has 0 bridgehead atoms. The molecular formula is C15H20N4O. The van der Waals surface area contributed by atoms with Crippen LogP contribution in [0, 0.1) is 6.92 Å². The first-order valence-electron chi connectivity index (χ1n) is 6.79. The maximum absolute atomic E-state index is 11.6. The summed E-state index contributed by atoms with van der Waals surface area (Å²) in [5.74, 6) is 0.999. The fourth-order valence-electron chi connectivity index (χ4n) is 1.93. The summed E-state index contributed by atoms with van der Waals surface area (Å²) < 4.78 is 2.07. The number of imidazole rings is 1. The Balaban J connectivity index is 1.60. The molecule has 106 valence electrons. The number of nitrogens with zero attached hydrogens (tertiary/aromatic N) is 2. The van der Waals surface area contributed by atoms with Gasteiger partial charge in [0, 0.05) is 32.0 Å². The first kappa shape index (κ1) is 14.1. The summed E-state index contributed by atoms with van der Waals surface area (Å²) in [6, 6.07) is 9.73. The van der Waals surface area contributed by atoms with Gasteiger partial charge in [-0.2, -0.15) is 0 Å². The van der Waals surface area contributed by atoms with Crippen molar-refractivity contribution in [3.05, 3.63) is 54.1 Å².